The summed E-state index contributed by atoms with van der Waals surface area (Å²) < 4.78 is 13.3. The van der Waals surface area contributed by atoms with Crippen LogP contribution in [0.1, 0.15) is 10.4 Å². The van der Waals surface area contributed by atoms with E-state index in [1.165, 1.54) is 0 Å². The third kappa shape index (κ3) is 2.12. The molecule has 0 unspecified atom stereocenters. The van der Waals surface area contributed by atoms with E-state index in [2.05, 4.69) is 15.9 Å². The summed E-state index contributed by atoms with van der Waals surface area (Å²) in [7, 11) is 0. The number of nitro groups is 1. The maximum absolute atomic E-state index is 13.3. The molecule has 1 N–H and O–H groups in total. The van der Waals surface area contributed by atoms with Crippen LogP contribution < -0.4 is 0 Å². The molecule has 5 nitrogen and oxygen atoms in total. The Balaban J connectivity index is 3.48. The number of carbonyl (C=O) groups excluding carboxylic acids is 1. The second-order valence-electron chi connectivity index (χ2n) is 2.61. The van der Waals surface area contributed by atoms with Crippen LogP contribution in [0.25, 0.3) is 0 Å². The molecule has 0 spiro atoms. The molecule has 0 aliphatic rings. The van der Waals surface area contributed by atoms with Gasteiger partial charge in [-0.1, -0.05) is 15.9 Å². The first kappa shape index (κ1) is 11.6. The molecule has 1 aromatic carbocycles. The Kier molecular flexibility index (Phi) is 3.35. The first-order valence-corrected chi connectivity index (χ1v) is 4.86. The molecule has 0 heterocycles. The molecular formula is C8H5BrFNO4. The molecule has 0 fully saturated rings. The van der Waals surface area contributed by atoms with E-state index in [-0.39, 0.29) is 5.33 Å². The molecule has 1 aromatic rings. The van der Waals surface area contributed by atoms with Crippen LogP contribution in [0, 0.1) is 15.9 Å². The van der Waals surface area contributed by atoms with Gasteiger partial charge in [-0.15, -0.1) is 0 Å². The summed E-state index contributed by atoms with van der Waals surface area (Å²) in [5.41, 5.74) is -1.37. The first-order valence-electron chi connectivity index (χ1n) is 3.74. The molecule has 1 rings (SSSR count). The summed E-state index contributed by atoms with van der Waals surface area (Å²) in [6.07, 6.45) is 0. The minimum absolute atomic E-state index is 0.256. The Hall–Kier alpha value is -1.50. The number of alkyl halides is 1. The number of phenolic OH excluding ortho intramolecular Hbond substituents is 1. The van der Waals surface area contributed by atoms with Crippen molar-refractivity contribution >= 4 is 27.4 Å². The SMILES string of the molecule is O=C(CBr)c1c([N+](=O)[O-])ccc(O)c1F. The van der Waals surface area contributed by atoms with Crippen LogP contribution in [0.2, 0.25) is 0 Å². The van der Waals surface area contributed by atoms with E-state index in [1.54, 1.807) is 0 Å². The average molecular weight is 278 g/mol. The number of ketones is 1. The molecule has 0 amide bonds. The normalized spacial score (nSPS) is 10.0. The number of carbonyl (C=O) groups is 1. The largest absolute Gasteiger partial charge is 0.505 e. The van der Waals surface area contributed by atoms with Gasteiger partial charge in [0.05, 0.1) is 10.3 Å². The third-order valence-electron chi connectivity index (χ3n) is 1.70. The lowest BCUT2D eigenvalue weighted by atomic mass is 10.1. The highest BCUT2D eigenvalue weighted by Gasteiger charge is 2.26. The Morgan fingerprint density at radius 1 is 1.60 bits per heavy atom. The highest BCUT2D eigenvalue weighted by Crippen LogP contribution is 2.28. The van der Waals surface area contributed by atoms with Crippen LogP contribution in [-0.2, 0) is 0 Å². The summed E-state index contributed by atoms with van der Waals surface area (Å²) in [4.78, 5) is 20.8. The van der Waals surface area contributed by atoms with E-state index in [4.69, 9.17) is 5.11 Å². The number of aromatic hydroxyl groups is 1. The maximum Gasteiger partial charge on any atom is 0.283 e. The van der Waals surface area contributed by atoms with E-state index in [1.807, 2.05) is 0 Å². The molecule has 0 aromatic heterocycles. The maximum atomic E-state index is 13.3. The summed E-state index contributed by atoms with van der Waals surface area (Å²) in [5.74, 6) is -2.85. The van der Waals surface area contributed by atoms with Gasteiger partial charge < -0.3 is 5.11 Å². The number of hydrogen-bond donors (Lipinski definition) is 1. The van der Waals surface area contributed by atoms with Gasteiger partial charge in [0.25, 0.3) is 5.69 Å². The molecule has 0 aliphatic heterocycles. The fourth-order valence-corrected chi connectivity index (χ4v) is 1.32. The van der Waals surface area contributed by atoms with Gasteiger partial charge in [0, 0.05) is 6.07 Å². The van der Waals surface area contributed by atoms with Crippen molar-refractivity contribution in [2.24, 2.45) is 0 Å². The van der Waals surface area contributed by atoms with Crippen molar-refractivity contribution < 1.29 is 19.2 Å². The minimum Gasteiger partial charge on any atom is -0.505 e. The van der Waals surface area contributed by atoms with Crippen molar-refractivity contribution in [2.45, 2.75) is 0 Å². The van der Waals surface area contributed by atoms with E-state index >= 15 is 0 Å². The second kappa shape index (κ2) is 4.35. The third-order valence-corrected chi connectivity index (χ3v) is 2.21. The van der Waals surface area contributed by atoms with E-state index in [9.17, 15) is 19.3 Å². The summed E-state index contributed by atoms with van der Waals surface area (Å²) >= 11 is 2.77. The van der Waals surface area contributed by atoms with Crippen LogP contribution in [0.3, 0.4) is 0 Å². The molecule has 15 heavy (non-hydrogen) atoms. The van der Waals surface area contributed by atoms with Crippen LogP contribution in [0.4, 0.5) is 10.1 Å². The number of nitrogens with zero attached hydrogens (tertiary/aromatic N) is 1. The Morgan fingerprint density at radius 2 is 2.20 bits per heavy atom. The zero-order valence-corrected chi connectivity index (χ0v) is 8.82. The number of phenols is 1. The quantitative estimate of drug-likeness (QED) is 0.397. The molecule has 7 heteroatoms. The smallest absolute Gasteiger partial charge is 0.283 e. The number of Topliss-reactive ketones (excluding diaryl/α,β-unsaturated/α-hetero) is 1. The number of hydrogen-bond acceptors (Lipinski definition) is 4. The standard InChI is InChI=1S/C8H5BrFNO4/c9-3-6(13)7-4(11(14)15)1-2-5(12)8(7)10/h1-2,12H,3H2. The zero-order valence-electron chi connectivity index (χ0n) is 7.24. The number of nitro benzene ring substituents is 1. The molecule has 0 radical (unpaired) electrons. The van der Waals surface area contributed by atoms with Gasteiger partial charge in [-0.25, -0.2) is 4.39 Å². The van der Waals surface area contributed by atoms with Gasteiger partial charge >= 0.3 is 0 Å². The monoisotopic (exact) mass is 277 g/mol. The van der Waals surface area contributed by atoms with Crippen LogP contribution in [0.15, 0.2) is 12.1 Å². The van der Waals surface area contributed by atoms with Gasteiger partial charge in [-0.3, -0.25) is 14.9 Å². The van der Waals surface area contributed by atoms with Gasteiger partial charge in [0.1, 0.15) is 5.56 Å². The number of rotatable bonds is 3. The highest BCUT2D eigenvalue weighted by molar-refractivity contribution is 9.09. The summed E-state index contributed by atoms with van der Waals surface area (Å²) in [5, 5.41) is 19.2. The summed E-state index contributed by atoms with van der Waals surface area (Å²) in [6.45, 7) is 0. The lowest BCUT2D eigenvalue weighted by Gasteiger charge is -2.02. The van der Waals surface area contributed by atoms with E-state index in [0.717, 1.165) is 12.1 Å². The van der Waals surface area contributed by atoms with Crippen molar-refractivity contribution in [2.75, 3.05) is 5.33 Å². The summed E-state index contributed by atoms with van der Waals surface area (Å²) in [6, 6.07) is 1.72. The zero-order chi connectivity index (χ0) is 11.6. The van der Waals surface area contributed by atoms with E-state index in [0.29, 0.717) is 0 Å². The molecule has 0 saturated heterocycles. The first-order chi connectivity index (χ1) is 6.99. The van der Waals surface area contributed by atoms with Crippen molar-refractivity contribution in [1.29, 1.82) is 0 Å². The van der Waals surface area contributed by atoms with Crippen molar-refractivity contribution in [3.63, 3.8) is 0 Å². The highest BCUT2D eigenvalue weighted by atomic mass is 79.9. The average Bonchev–Trinajstić information content (AvgIpc) is 2.20. The van der Waals surface area contributed by atoms with Gasteiger partial charge in [-0.05, 0) is 6.07 Å². The van der Waals surface area contributed by atoms with Crippen LogP contribution in [-0.4, -0.2) is 21.1 Å². The molecule has 0 saturated carbocycles. The fraction of sp³-hybridized carbons (Fsp3) is 0.125. The van der Waals surface area contributed by atoms with Crippen LogP contribution >= 0.6 is 15.9 Å². The lowest BCUT2D eigenvalue weighted by molar-refractivity contribution is -0.385. The Bertz CT molecular complexity index is 435. The van der Waals surface area contributed by atoms with Gasteiger partial charge in [0.15, 0.2) is 17.3 Å². The molecule has 80 valence electrons. The molecule has 0 bridgehead atoms. The molecule has 0 aliphatic carbocycles. The second-order valence-corrected chi connectivity index (χ2v) is 3.17. The van der Waals surface area contributed by atoms with Crippen molar-refractivity contribution in [3.8, 4) is 5.75 Å². The van der Waals surface area contributed by atoms with Crippen molar-refractivity contribution in [3.05, 3.63) is 33.6 Å². The lowest BCUT2D eigenvalue weighted by Crippen LogP contribution is -2.08. The minimum atomic E-state index is -1.27. The van der Waals surface area contributed by atoms with Gasteiger partial charge in [0.2, 0.25) is 0 Å². The van der Waals surface area contributed by atoms with Crippen LogP contribution in [0.5, 0.6) is 5.75 Å². The van der Waals surface area contributed by atoms with E-state index < -0.39 is 33.5 Å². The predicted octanol–water partition coefficient (Wildman–Crippen LogP) is 2.02. The Labute approximate surface area is 91.8 Å². The number of halogens is 2. The van der Waals surface area contributed by atoms with Crippen molar-refractivity contribution in [1.82, 2.24) is 0 Å². The van der Waals surface area contributed by atoms with Gasteiger partial charge in [-0.2, -0.15) is 0 Å². The Morgan fingerprint density at radius 3 is 2.67 bits per heavy atom. The number of benzene rings is 1. The molecule has 0 atom stereocenters. The topological polar surface area (TPSA) is 80.4 Å². The predicted molar refractivity (Wildman–Crippen MR) is 52.8 cm³/mol. The fourth-order valence-electron chi connectivity index (χ4n) is 1.04. The molecular weight excluding hydrogens is 273 g/mol.